The number of rotatable bonds is 7. The lowest BCUT2D eigenvalue weighted by Gasteiger charge is -2.32. The monoisotopic (exact) mass is 333 g/mol. The maximum absolute atomic E-state index is 8.87. The third kappa shape index (κ3) is 5.00. The first-order valence-corrected chi connectivity index (χ1v) is 8.93. The summed E-state index contributed by atoms with van der Waals surface area (Å²) in [5.41, 5.74) is 2.15. The SMILES string of the molecule is OCCOC1CCCN(Cc2csc(Nc3ccccc3)n2)C1. The molecule has 0 amide bonds. The van der Waals surface area contributed by atoms with Gasteiger partial charge in [0.1, 0.15) is 0 Å². The minimum atomic E-state index is 0.0943. The molecular weight excluding hydrogens is 310 g/mol. The van der Waals surface area contributed by atoms with Crippen molar-refractivity contribution in [1.29, 1.82) is 0 Å². The van der Waals surface area contributed by atoms with Gasteiger partial charge in [0.25, 0.3) is 0 Å². The fraction of sp³-hybridized carbons (Fsp3) is 0.471. The highest BCUT2D eigenvalue weighted by atomic mass is 32.1. The van der Waals surface area contributed by atoms with Crippen LogP contribution in [-0.4, -0.2) is 47.4 Å². The van der Waals surface area contributed by atoms with E-state index >= 15 is 0 Å². The van der Waals surface area contributed by atoms with Gasteiger partial charge >= 0.3 is 0 Å². The van der Waals surface area contributed by atoms with E-state index in [1.54, 1.807) is 11.3 Å². The normalized spacial score (nSPS) is 18.9. The van der Waals surface area contributed by atoms with Crippen molar-refractivity contribution in [3.8, 4) is 0 Å². The molecule has 1 aliphatic rings. The topological polar surface area (TPSA) is 57.6 Å². The van der Waals surface area contributed by atoms with Crippen LogP contribution in [0.15, 0.2) is 35.7 Å². The molecule has 2 heterocycles. The summed E-state index contributed by atoms with van der Waals surface area (Å²) in [5.74, 6) is 0. The zero-order chi connectivity index (χ0) is 15.9. The molecule has 124 valence electrons. The molecule has 23 heavy (non-hydrogen) atoms. The van der Waals surface area contributed by atoms with E-state index in [1.165, 1.54) is 0 Å². The number of likely N-dealkylation sites (tertiary alicyclic amines) is 1. The van der Waals surface area contributed by atoms with Gasteiger partial charge in [-0.1, -0.05) is 18.2 Å². The summed E-state index contributed by atoms with van der Waals surface area (Å²) in [6, 6.07) is 10.1. The minimum absolute atomic E-state index is 0.0943. The summed E-state index contributed by atoms with van der Waals surface area (Å²) in [4.78, 5) is 7.05. The Hall–Kier alpha value is -1.47. The predicted molar refractivity (Wildman–Crippen MR) is 93.2 cm³/mol. The molecule has 1 atom stereocenters. The predicted octanol–water partition coefficient (Wildman–Crippen LogP) is 2.86. The average Bonchev–Trinajstić information content (AvgIpc) is 3.01. The molecule has 2 aromatic rings. The molecule has 1 aliphatic heterocycles. The van der Waals surface area contributed by atoms with Crippen LogP contribution in [0.4, 0.5) is 10.8 Å². The molecule has 1 aromatic carbocycles. The molecular formula is C17H23N3O2S. The van der Waals surface area contributed by atoms with E-state index in [0.29, 0.717) is 6.61 Å². The van der Waals surface area contributed by atoms with Crippen molar-refractivity contribution in [2.75, 3.05) is 31.6 Å². The van der Waals surface area contributed by atoms with Crippen LogP contribution in [0.25, 0.3) is 0 Å². The van der Waals surface area contributed by atoms with Gasteiger partial charge in [0.05, 0.1) is 25.0 Å². The Balaban J connectivity index is 1.52. The molecule has 6 heteroatoms. The number of hydrogen-bond acceptors (Lipinski definition) is 6. The van der Waals surface area contributed by atoms with Gasteiger partial charge in [-0.05, 0) is 31.5 Å². The Bertz CT molecular complexity index is 591. The highest BCUT2D eigenvalue weighted by Crippen LogP contribution is 2.22. The molecule has 1 unspecified atom stereocenters. The Morgan fingerprint density at radius 1 is 1.35 bits per heavy atom. The first kappa shape index (κ1) is 16.4. The van der Waals surface area contributed by atoms with Crippen LogP contribution >= 0.6 is 11.3 Å². The number of nitrogens with one attached hydrogen (secondary N) is 1. The summed E-state index contributed by atoms with van der Waals surface area (Å²) in [5, 5.41) is 15.2. The summed E-state index contributed by atoms with van der Waals surface area (Å²) < 4.78 is 5.66. The van der Waals surface area contributed by atoms with Crippen molar-refractivity contribution in [3.63, 3.8) is 0 Å². The van der Waals surface area contributed by atoms with Gasteiger partial charge in [-0.25, -0.2) is 4.98 Å². The second-order valence-electron chi connectivity index (χ2n) is 5.73. The van der Waals surface area contributed by atoms with Crippen LogP contribution < -0.4 is 5.32 Å². The lowest BCUT2D eigenvalue weighted by atomic mass is 10.1. The molecule has 1 fully saturated rings. The molecule has 0 aliphatic carbocycles. The van der Waals surface area contributed by atoms with Crippen LogP contribution in [0.5, 0.6) is 0 Å². The number of thiazole rings is 1. The van der Waals surface area contributed by atoms with E-state index in [1.807, 2.05) is 30.3 Å². The van der Waals surface area contributed by atoms with Gasteiger partial charge in [0.2, 0.25) is 0 Å². The van der Waals surface area contributed by atoms with Gasteiger partial charge in [0.15, 0.2) is 5.13 Å². The van der Waals surface area contributed by atoms with Gasteiger partial charge < -0.3 is 15.2 Å². The van der Waals surface area contributed by atoms with E-state index in [9.17, 15) is 0 Å². The summed E-state index contributed by atoms with van der Waals surface area (Å²) in [6.07, 6.45) is 2.44. The Morgan fingerprint density at radius 3 is 3.04 bits per heavy atom. The Morgan fingerprint density at radius 2 is 2.22 bits per heavy atom. The third-order valence-corrected chi connectivity index (χ3v) is 4.68. The number of para-hydroxylation sites is 1. The van der Waals surface area contributed by atoms with Crippen LogP contribution in [0.2, 0.25) is 0 Å². The number of aliphatic hydroxyl groups is 1. The quantitative estimate of drug-likeness (QED) is 0.816. The Labute approximate surface area is 140 Å². The molecule has 0 bridgehead atoms. The van der Waals surface area contributed by atoms with E-state index in [4.69, 9.17) is 9.84 Å². The summed E-state index contributed by atoms with van der Waals surface area (Å²) in [6.45, 7) is 3.38. The first-order valence-electron chi connectivity index (χ1n) is 8.05. The maximum Gasteiger partial charge on any atom is 0.187 e. The van der Waals surface area contributed by atoms with Crippen molar-refractivity contribution in [2.45, 2.75) is 25.5 Å². The molecule has 1 aromatic heterocycles. The molecule has 2 N–H and O–H groups in total. The zero-order valence-corrected chi connectivity index (χ0v) is 14.0. The van der Waals surface area contributed by atoms with Gasteiger partial charge in [-0.3, -0.25) is 4.90 Å². The number of ether oxygens (including phenoxy) is 1. The second kappa shape index (κ2) is 8.40. The van der Waals surface area contributed by atoms with E-state index in [-0.39, 0.29) is 12.7 Å². The zero-order valence-electron chi connectivity index (χ0n) is 13.1. The van der Waals surface area contributed by atoms with Crippen LogP contribution in [-0.2, 0) is 11.3 Å². The fourth-order valence-corrected chi connectivity index (χ4v) is 3.54. The number of hydrogen-bond donors (Lipinski definition) is 2. The van der Waals surface area contributed by atoms with Crippen molar-refractivity contribution in [1.82, 2.24) is 9.88 Å². The van der Waals surface area contributed by atoms with Gasteiger partial charge in [-0.2, -0.15) is 0 Å². The van der Waals surface area contributed by atoms with Crippen LogP contribution in [0.1, 0.15) is 18.5 Å². The number of nitrogens with zero attached hydrogens (tertiary/aromatic N) is 2. The molecule has 5 nitrogen and oxygen atoms in total. The average molecular weight is 333 g/mol. The lowest BCUT2D eigenvalue weighted by molar-refractivity contribution is -0.0165. The standard InChI is InChI=1S/C17H23N3O2S/c21-9-10-22-16-7-4-8-20(12-16)11-15-13-23-17(19-15)18-14-5-2-1-3-6-14/h1-3,5-6,13,16,21H,4,7-12H2,(H,18,19). The van der Waals surface area contributed by atoms with Gasteiger partial charge in [0, 0.05) is 24.2 Å². The Kier molecular flexibility index (Phi) is 5.99. The molecule has 0 saturated carbocycles. The maximum atomic E-state index is 8.87. The summed E-state index contributed by atoms with van der Waals surface area (Å²) in [7, 11) is 0. The first-order chi connectivity index (χ1) is 11.3. The smallest absolute Gasteiger partial charge is 0.187 e. The van der Waals surface area contributed by atoms with E-state index in [2.05, 4.69) is 20.6 Å². The van der Waals surface area contributed by atoms with E-state index < -0.39 is 0 Å². The molecule has 0 radical (unpaired) electrons. The van der Waals surface area contributed by atoms with Crippen LogP contribution in [0, 0.1) is 0 Å². The number of aromatic nitrogens is 1. The van der Waals surface area contributed by atoms with Crippen molar-refractivity contribution < 1.29 is 9.84 Å². The molecule has 1 saturated heterocycles. The highest BCUT2D eigenvalue weighted by Gasteiger charge is 2.21. The fourth-order valence-electron chi connectivity index (χ4n) is 2.82. The third-order valence-electron chi connectivity index (χ3n) is 3.87. The highest BCUT2D eigenvalue weighted by molar-refractivity contribution is 7.13. The second-order valence-corrected chi connectivity index (χ2v) is 6.59. The van der Waals surface area contributed by atoms with Gasteiger partial charge in [-0.15, -0.1) is 11.3 Å². The summed E-state index contributed by atoms with van der Waals surface area (Å²) >= 11 is 1.63. The van der Waals surface area contributed by atoms with Crippen LogP contribution in [0.3, 0.4) is 0 Å². The molecule has 3 rings (SSSR count). The number of piperidine rings is 1. The minimum Gasteiger partial charge on any atom is -0.394 e. The number of anilines is 2. The molecule has 0 spiro atoms. The van der Waals surface area contributed by atoms with Crippen molar-refractivity contribution in [2.24, 2.45) is 0 Å². The number of aliphatic hydroxyl groups excluding tert-OH is 1. The van der Waals surface area contributed by atoms with E-state index in [0.717, 1.165) is 49.0 Å². The number of benzene rings is 1. The van der Waals surface area contributed by atoms with Crippen molar-refractivity contribution in [3.05, 3.63) is 41.4 Å². The lowest BCUT2D eigenvalue weighted by Crippen LogP contribution is -2.39. The largest absolute Gasteiger partial charge is 0.394 e. The van der Waals surface area contributed by atoms with Crippen molar-refractivity contribution >= 4 is 22.2 Å².